The lowest BCUT2D eigenvalue weighted by Gasteiger charge is -2.36. The largest absolute Gasteiger partial charge is 0.357 e. The van der Waals surface area contributed by atoms with Gasteiger partial charge in [0.2, 0.25) is 11.8 Å². The van der Waals surface area contributed by atoms with Gasteiger partial charge in [-0.1, -0.05) is 30.8 Å². The highest BCUT2D eigenvalue weighted by Gasteiger charge is 2.34. The number of carbonyl (C=O) groups excluding carboxylic acids is 3. The molecule has 144 valence electrons. The number of likely N-dealkylation sites (N-methyl/N-ethyl adjacent to an activating group) is 2. The molecular weight excluding hydrogens is 354 g/mol. The minimum absolute atomic E-state index is 0.184. The molecule has 0 fully saturated rings. The fourth-order valence-electron chi connectivity index (χ4n) is 3.39. The van der Waals surface area contributed by atoms with Crippen LogP contribution in [0.2, 0.25) is 0 Å². The predicted octanol–water partition coefficient (Wildman–Crippen LogP) is 2.15. The van der Waals surface area contributed by atoms with Crippen LogP contribution >= 0.6 is 0 Å². The Morgan fingerprint density at radius 2 is 1.75 bits per heavy atom. The maximum absolute atomic E-state index is 13.2. The second-order valence-electron chi connectivity index (χ2n) is 6.68. The van der Waals surface area contributed by atoms with Crippen molar-refractivity contribution in [1.82, 2.24) is 10.2 Å². The second-order valence-corrected chi connectivity index (χ2v) is 6.68. The van der Waals surface area contributed by atoms with Crippen molar-refractivity contribution in [2.24, 2.45) is 0 Å². The van der Waals surface area contributed by atoms with E-state index in [1.807, 2.05) is 24.3 Å². The minimum Gasteiger partial charge on any atom is -0.357 e. The van der Waals surface area contributed by atoms with E-state index in [1.54, 1.807) is 43.3 Å². The van der Waals surface area contributed by atoms with Crippen LogP contribution in [0.3, 0.4) is 0 Å². The Hall–Kier alpha value is -3.41. The minimum atomic E-state index is -0.558. The van der Waals surface area contributed by atoms with E-state index in [4.69, 9.17) is 0 Å². The number of anilines is 1. The van der Waals surface area contributed by atoms with Crippen molar-refractivity contribution in [2.45, 2.75) is 19.0 Å². The van der Waals surface area contributed by atoms with E-state index in [0.29, 0.717) is 24.2 Å². The molecule has 0 saturated heterocycles. The predicted molar refractivity (Wildman–Crippen MR) is 108 cm³/mol. The van der Waals surface area contributed by atoms with E-state index >= 15 is 0 Å². The number of amides is 3. The smallest absolute Gasteiger partial charge is 0.254 e. The van der Waals surface area contributed by atoms with Crippen LogP contribution in [0.4, 0.5) is 5.69 Å². The Bertz CT molecular complexity index is 921. The van der Waals surface area contributed by atoms with Crippen molar-refractivity contribution in [3.63, 3.8) is 0 Å². The molecule has 0 unspecified atom stereocenters. The highest BCUT2D eigenvalue weighted by atomic mass is 16.2. The summed E-state index contributed by atoms with van der Waals surface area (Å²) in [4.78, 5) is 40.4. The average Bonchev–Trinajstić information content (AvgIpc) is 2.76. The van der Waals surface area contributed by atoms with Gasteiger partial charge in [0.1, 0.15) is 6.04 Å². The van der Waals surface area contributed by atoms with Gasteiger partial charge in [0.25, 0.3) is 5.91 Å². The number of nitrogens with zero attached hydrogens (tertiary/aromatic N) is 2. The molecule has 0 aliphatic carbocycles. The summed E-state index contributed by atoms with van der Waals surface area (Å²) in [5, 5.41) is 2.66. The first-order valence-electron chi connectivity index (χ1n) is 9.05. The third-order valence-corrected chi connectivity index (χ3v) is 5.07. The van der Waals surface area contributed by atoms with Crippen molar-refractivity contribution >= 4 is 23.4 Å². The van der Waals surface area contributed by atoms with E-state index in [-0.39, 0.29) is 17.7 Å². The molecule has 1 N–H and O–H groups in total. The van der Waals surface area contributed by atoms with Crippen LogP contribution in [-0.2, 0) is 22.6 Å². The van der Waals surface area contributed by atoms with Crippen molar-refractivity contribution in [1.29, 1.82) is 0 Å². The first-order valence-corrected chi connectivity index (χ1v) is 9.05. The molecule has 3 rings (SSSR count). The van der Waals surface area contributed by atoms with Gasteiger partial charge < -0.3 is 15.1 Å². The van der Waals surface area contributed by atoms with Crippen LogP contribution < -0.4 is 10.2 Å². The molecule has 0 bridgehead atoms. The number of carbonyl (C=O) groups is 3. The topological polar surface area (TPSA) is 69.7 Å². The van der Waals surface area contributed by atoms with E-state index in [1.165, 1.54) is 11.0 Å². The number of nitrogens with one attached hydrogen (secondary N) is 1. The average molecular weight is 377 g/mol. The second kappa shape index (κ2) is 8.08. The first-order chi connectivity index (χ1) is 13.5. The zero-order chi connectivity index (χ0) is 20.3. The number of rotatable bonds is 4. The third kappa shape index (κ3) is 3.67. The molecule has 0 spiro atoms. The Labute approximate surface area is 164 Å². The van der Waals surface area contributed by atoms with Gasteiger partial charge in [-0.2, -0.15) is 0 Å². The Morgan fingerprint density at radius 3 is 2.36 bits per heavy atom. The molecule has 1 heterocycles. The van der Waals surface area contributed by atoms with Crippen molar-refractivity contribution < 1.29 is 14.4 Å². The SMILES string of the molecule is C=CC(=O)N(C)c1ccc(C(=O)N2Cc3ccccc3C[C@H]2C(=O)NC)cc1. The highest BCUT2D eigenvalue weighted by molar-refractivity contribution is 6.01. The number of hydrogen-bond donors (Lipinski definition) is 1. The van der Waals surface area contributed by atoms with Gasteiger partial charge in [0, 0.05) is 38.3 Å². The van der Waals surface area contributed by atoms with Gasteiger partial charge in [0.05, 0.1) is 0 Å². The Kier molecular flexibility index (Phi) is 5.59. The fourth-order valence-corrected chi connectivity index (χ4v) is 3.39. The molecule has 2 aromatic carbocycles. The summed E-state index contributed by atoms with van der Waals surface area (Å²) >= 11 is 0. The van der Waals surface area contributed by atoms with Gasteiger partial charge in [-0.3, -0.25) is 14.4 Å². The molecule has 0 saturated carbocycles. The van der Waals surface area contributed by atoms with E-state index in [2.05, 4.69) is 11.9 Å². The maximum Gasteiger partial charge on any atom is 0.254 e. The van der Waals surface area contributed by atoms with Gasteiger partial charge in [-0.15, -0.1) is 0 Å². The zero-order valence-corrected chi connectivity index (χ0v) is 16.0. The Balaban J connectivity index is 1.88. The van der Waals surface area contributed by atoms with E-state index in [9.17, 15) is 14.4 Å². The van der Waals surface area contributed by atoms with Gasteiger partial charge in [-0.25, -0.2) is 0 Å². The summed E-state index contributed by atoms with van der Waals surface area (Å²) in [7, 11) is 3.22. The summed E-state index contributed by atoms with van der Waals surface area (Å²) in [6.07, 6.45) is 1.72. The standard InChI is InChI=1S/C22H23N3O3/c1-4-20(26)24(3)18-11-9-15(10-12-18)22(28)25-14-17-8-6-5-7-16(17)13-19(25)21(27)23-2/h4-12,19H,1,13-14H2,2-3H3,(H,23,27)/t19-/m0/s1. The fraction of sp³-hybridized carbons (Fsp3) is 0.227. The van der Waals surface area contributed by atoms with Gasteiger partial charge >= 0.3 is 0 Å². The van der Waals surface area contributed by atoms with Gasteiger partial charge in [-0.05, 0) is 41.5 Å². The van der Waals surface area contributed by atoms with E-state index < -0.39 is 6.04 Å². The molecule has 0 radical (unpaired) electrons. The monoisotopic (exact) mass is 377 g/mol. The summed E-state index contributed by atoms with van der Waals surface area (Å²) in [5.41, 5.74) is 3.26. The molecule has 6 nitrogen and oxygen atoms in total. The van der Waals surface area contributed by atoms with Crippen LogP contribution in [0.1, 0.15) is 21.5 Å². The zero-order valence-electron chi connectivity index (χ0n) is 16.0. The van der Waals surface area contributed by atoms with Crippen LogP contribution in [0.15, 0.2) is 61.2 Å². The lowest BCUT2D eigenvalue weighted by molar-refractivity contribution is -0.125. The maximum atomic E-state index is 13.2. The van der Waals surface area contributed by atoms with Crippen LogP contribution in [0, 0.1) is 0 Å². The summed E-state index contributed by atoms with van der Waals surface area (Å²) in [6.45, 7) is 3.85. The summed E-state index contributed by atoms with van der Waals surface area (Å²) in [5.74, 6) is -0.630. The molecule has 28 heavy (non-hydrogen) atoms. The van der Waals surface area contributed by atoms with Gasteiger partial charge in [0.15, 0.2) is 0 Å². The molecule has 6 heteroatoms. The molecule has 1 aliphatic rings. The quantitative estimate of drug-likeness (QED) is 0.830. The normalized spacial score (nSPS) is 15.4. The van der Waals surface area contributed by atoms with E-state index in [0.717, 1.165) is 11.1 Å². The number of benzene rings is 2. The molecular formula is C22H23N3O3. The van der Waals surface area contributed by atoms with Crippen LogP contribution in [-0.4, -0.2) is 42.8 Å². The number of fused-ring (bicyclic) bond motifs is 1. The number of hydrogen-bond acceptors (Lipinski definition) is 3. The molecule has 1 atom stereocenters. The molecule has 1 aliphatic heterocycles. The van der Waals surface area contributed by atoms with Crippen LogP contribution in [0.5, 0.6) is 0 Å². The molecule has 0 aromatic heterocycles. The van der Waals surface area contributed by atoms with Crippen molar-refractivity contribution in [3.05, 3.63) is 77.9 Å². The molecule has 2 aromatic rings. The van der Waals surface area contributed by atoms with Crippen molar-refractivity contribution in [2.75, 3.05) is 19.0 Å². The van der Waals surface area contributed by atoms with Crippen molar-refractivity contribution in [3.8, 4) is 0 Å². The first kappa shape index (κ1) is 19.4. The summed E-state index contributed by atoms with van der Waals surface area (Å²) < 4.78 is 0. The summed E-state index contributed by atoms with van der Waals surface area (Å²) in [6, 6.07) is 14.1. The molecule has 3 amide bonds. The third-order valence-electron chi connectivity index (χ3n) is 5.07. The lowest BCUT2D eigenvalue weighted by Crippen LogP contribution is -2.51. The highest BCUT2D eigenvalue weighted by Crippen LogP contribution is 2.26. The lowest BCUT2D eigenvalue weighted by atomic mass is 9.93. The van der Waals surface area contributed by atoms with Crippen LogP contribution in [0.25, 0.3) is 0 Å². The Morgan fingerprint density at radius 1 is 1.11 bits per heavy atom.